The highest BCUT2D eigenvalue weighted by atomic mass is 32.2. The van der Waals surface area contributed by atoms with E-state index in [4.69, 9.17) is 9.26 Å². The van der Waals surface area contributed by atoms with Crippen molar-refractivity contribution in [2.45, 2.75) is 38.8 Å². The lowest BCUT2D eigenvalue weighted by molar-refractivity contribution is -0.152. The number of hydrogen-bond acceptors (Lipinski definition) is 7. The number of rotatable bonds is 8. The van der Waals surface area contributed by atoms with E-state index in [-0.39, 0.29) is 29.4 Å². The molecule has 8 nitrogen and oxygen atoms in total. The first-order valence-corrected chi connectivity index (χ1v) is 8.40. The minimum atomic E-state index is -0.823. The van der Waals surface area contributed by atoms with Gasteiger partial charge in [0.2, 0.25) is 5.91 Å². The summed E-state index contributed by atoms with van der Waals surface area (Å²) < 4.78 is 9.84. The first kappa shape index (κ1) is 17.3. The molecule has 0 spiro atoms. The normalized spacial score (nSPS) is 14.9. The molecule has 1 aliphatic rings. The summed E-state index contributed by atoms with van der Waals surface area (Å²) in [7, 11) is 0. The van der Waals surface area contributed by atoms with Crippen molar-refractivity contribution in [1.82, 2.24) is 10.5 Å². The molecule has 1 aromatic heterocycles. The Balaban J connectivity index is 1.60. The number of nitrogens with zero attached hydrogens (tertiary/aromatic N) is 1. The topological polar surface area (TPSA) is 111 Å². The molecule has 1 aromatic rings. The van der Waals surface area contributed by atoms with Crippen LogP contribution in [-0.4, -0.2) is 46.6 Å². The van der Waals surface area contributed by atoms with Crippen LogP contribution in [0.1, 0.15) is 25.5 Å². The maximum atomic E-state index is 11.6. The Hall–Kier alpha value is -2.03. The third-order valence-corrected chi connectivity index (χ3v) is 3.86. The summed E-state index contributed by atoms with van der Waals surface area (Å²) >= 11 is 1.10. The minimum Gasteiger partial charge on any atom is -0.452 e. The van der Waals surface area contributed by atoms with Crippen LogP contribution in [0.5, 0.6) is 0 Å². The van der Waals surface area contributed by atoms with Crippen LogP contribution in [0, 0.1) is 6.92 Å². The molecule has 1 fully saturated rings. The number of aromatic nitrogens is 1. The Labute approximate surface area is 137 Å². The zero-order valence-corrected chi connectivity index (χ0v) is 13.8. The Morgan fingerprint density at radius 2 is 2.17 bits per heavy atom. The highest BCUT2D eigenvalue weighted by molar-refractivity contribution is 8.00. The molecule has 0 aromatic carbocycles. The number of anilines is 1. The number of carbonyl (C=O) groups is 3. The highest BCUT2D eigenvalue weighted by Gasteiger charge is 2.27. The second kappa shape index (κ2) is 8.00. The lowest BCUT2D eigenvalue weighted by Crippen LogP contribution is -2.37. The molecule has 1 atom stereocenters. The molecule has 1 aliphatic carbocycles. The summed E-state index contributed by atoms with van der Waals surface area (Å²) in [5, 5.41) is 8.94. The molecule has 0 bridgehead atoms. The molecule has 9 heteroatoms. The first-order valence-electron chi connectivity index (χ1n) is 7.25. The van der Waals surface area contributed by atoms with Crippen molar-refractivity contribution < 1.29 is 23.6 Å². The van der Waals surface area contributed by atoms with Gasteiger partial charge in [-0.3, -0.25) is 14.4 Å². The van der Waals surface area contributed by atoms with Crippen LogP contribution in [0.2, 0.25) is 0 Å². The van der Waals surface area contributed by atoms with Gasteiger partial charge >= 0.3 is 5.97 Å². The molecule has 2 amide bonds. The van der Waals surface area contributed by atoms with Gasteiger partial charge in [-0.1, -0.05) is 5.16 Å². The molecule has 1 heterocycles. The summed E-state index contributed by atoms with van der Waals surface area (Å²) in [6.45, 7) is 3.24. The van der Waals surface area contributed by atoms with Crippen molar-refractivity contribution in [3.8, 4) is 0 Å². The molecular formula is C14H19N3O5S. The van der Waals surface area contributed by atoms with Crippen molar-refractivity contribution >= 4 is 35.4 Å². The number of carbonyl (C=O) groups excluding carboxylic acids is 3. The maximum absolute atomic E-state index is 11.6. The van der Waals surface area contributed by atoms with E-state index in [0.717, 1.165) is 24.6 Å². The van der Waals surface area contributed by atoms with Gasteiger partial charge in [-0.15, -0.1) is 11.8 Å². The Kier molecular flexibility index (Phi) is 6.03. The van der Waals surface area contributed by atoms with Gasteiger partial charge in [-0.05, 0) is 26.7 Å². The van der Waals surface area contributed by atoms with Gasteiger partial charge in [0.25, 0.3) is 5.91 Å². The Morgan fingerprint density at radius 1 is 1.43 bits per heavy atom. The fourth-order valence-electron chi connectivity index (χ4n) is 1.66. The van der Waals surface area contributed by atoms with Crippen LogP contribution in [0.25, 0.3) is 0 Å². The van der Waals surface area contributed by atoms with Crippen LogP contribution in [0.3, 0.4) is 0 Å². The Bertz CT molecular complexity index is 585. The zero-order chi connectivity index (χ0) is 16.8. The van der Waals surface area contributed by atoms with Crippen LogP contribution in [0.4, 0.5) is 5.82 Å². The van der Waals surface area contributed by atoms with Crippen LogP contribution in [0.15, 0.2) is 10.6 Å². The summed E-state index contributed by atoms with van der Waals surface area (Å²) in [5.74, 6) is -0.120. The van der Waals surface area contributed by atoms with Gasteiger partial charge in [-0.2, -0.15) is 0 Å². The lowest BCUT2D eigenvalue weighted by Gasteiger charge is -2.12. The summed E-state index contributed by atoms with van der Waals surface area (Å²) in [6.07, 6.45) is 1.13. The number of aryl methyl sites for hydroxylation is 1. The van der Waals surface area contributed by atoms with Crippen LogP contribution < -0.4 is 10.6 Å². The predicted octanol–water partition coefficient (Wildman–Crippen LogP) is 0.865. The lowest BCUT2D eigenvalue weighted by atomic mass is 10.3. The van der Waals surface area contributed by atoms with Gasteiger partial charge < -0.3 is 19.9 Å². The van der Waals surface area contributed by atoms with Crippen molar-refractivity contribution in [2.24, 2.45) is 0 Å². The molecule has 23 heavy (non-hydrogen) atoms. The molecule has 126 valence electrons. The smallest absolute Gasteiger partial charge is 0.316 e. The van der Waals surface area contributed by atoms with E-state index < -0.39 is 12.1 Å². The third-order valence-electron chi connectivity index (χ3n) is 2.95. The average molecular weight is 341 g/mol. The molecule has 2 rings (SSSR count). The number of esters is 1. The Morgan fingerprint density at radius 3 is 2.78 bits per heavy atom. The highest BCUT2D eigenvalue weighted by Crippen LogP contribution is 2.18. The second-order valence-corrected chi connectivity index (χ2v) is 6.26. The summed E-state index contributed by atoms with van der Waals surface area (Å²) in [5.41, 5.74) is 0. The number of nitrogens with one attached hydrogen (secondary N) is 2. The van der Waals surface area contributed by atoms with E-state index >= 15 is 0 Å². The molecule has 2 N–H and O–H groups in total. The standard InChI is InChI=1S/C14H19N3O5S/c1-8-5-11(17-22-8)16-12(18)6-23-7-13(19)21-9(2)14(20)15-10-3-4-10/h5,9-10H,3-4,6-7H2,1-2H3,(H,15,20)(H,16,17,18). The third kappa shape index (κ3) is 6.31. The number of ether oxygens (including phenoxy) is 1. The fraction of sp³-hybridized carbons (Fsp3) is 0.571. The summed E-state index contributed by atoms with van der Waals surface area (Å²) in [4.78, 5) is 34.9. The van der Waals surface area contributed by atoms with E-state index in [1.165, 1.54) is 6.92 Å². The largest absolute Gasteiger partial charge is 0.452 e. The number of hydrogen-bond donors (Lipinski definition) is 2. The summed E-state index contributed by atoms with van der Waals surface area (Å²) in [6, 6.07) is 1.82. The minimum absolute atomic E-state index is 0.00763. The molecule has 0 radical (unpaired) electrons. The zero-order valence-electron chi connectivity index (χ0n) is 13.0. The van der Waals surface area contributed by atoms with Crippen LogP contribution in [-0.2, 0) is 19.1 Å². The van der Waals surface area contributed by atoms with Crippen LogP contribution >= 0.6 is 11.8 Å². The average Bonchev–Trinajstić information content (AvgIpc) is 3.20. The van der Waals surface area contributed by atoms with Gasteiger partial charge in [0, 0.05) is 12.1 Å². The van der Waals surface area contributed by atoms with Crippen molar-refractivity contribution in [3.05, 3.63) is 11.8 Å². The van der Waals surface area contributed by atoms with E-state index in [1.807, 2.05) is 0 Å². The van der Waals surface area contributed by atoms with Gasteiger partial charge in [-0.25, -0.2) is 0 Å². The monoisotopic (exact) mass is 341 g/mol. The van der Waals surface area contributed by atoms with Gasteiger partial charge in [0.1, 0.15) is 5.76 Å². The van der Waals surface area contributed by atoms with Crippen molar-refractivity contribution in [1.29, 1.82) is 0 Å². The second-order valence-electron chi connectivity index (χ2n) is 5.28. The van der Waals surface area contributed by atoms with Gasteiger partial charge in [0.05, 0.1) is 11.5 Å². The van der Waals surface area contributed by atoms with E-state index in [1.54, 1.807) is 13.0 Å². The SMILES string of the molecule is Cc1cc(NC(=O)CSCC(=O)OC(C)C(=O)NC2CC2)no1. The van der Waals surface area contributed by atoms with Gasteiger partial charge in [0.15, 0.2) is 11.9 Å². The van der Waals surface area contributed by atoms with Crippen molar-refractivity contribution in [2.75, 3.05) is 16.8 Å². The quantitative estimate of drug-likeness (QED) is 0.675. The molecule has 1 unspecified atom stereocenters. The number of thioether (sulfide) groups is 1. The van der Waals surface area contributed by atoms with Crippen molar-refractivity contribution in [3.63, 3.8) is 0 Å². The number of amides is 2. The predicted molar refractivity (Wildman–Crippen MR) is 83.9 cm³/mol. The molecule has 1 saturated carbocycles. The first-order chi connectivity index (χ1) is 10.9. The molecular weight excluding hydrogens is 322 g/mol. The van der Waals surface area contributed by atoms with E-state index in [0.29, 0.717) is 11.6 Å². The maximum Gasteiger partial charge on any atom is 0.316 e. The molecule has 0 aliphatic heterocycles. The molecule has 0 saturated heterocycles. The van der Waals surface area contributed by atoms with E-state index in [2.05, 4.69) is 15.8 Å². The fourth-order valence-corrected chi connectivity index (χ4v) is 2.26. The van der Waals surface area contributed by atoms with E-state index in [9.17, 15) is 14.4 Å².